The van der Waals surface area contributed by atoms with Crippen LogP contribution in [-0.2, 0) is 11.3 Å². The molecular weight excluding hydrogens is 224 g/mol. The van der Waals surface area contributed by atoms with Crippen molar-refractivity contribution in [1.29, 1.82) is 5.41 Å². The molecule has 1 atom stereocenters. The molecule has 0 heterocycles. The van der Waals surface area contributed by atoms with Gasteiger partial charge in [0.15, 0.2) is 0 Å². The topological polar surface area (TPSA) is 59.1 Å². The van der Waals surface area contributed by atoms with Crippen LogP contribution in [0.3, 0.4) is 0 Å². The van der Waals surface area contributed by atoms with E-state index in [9.17, 15) is 0 Å². The van der Waals surface area contributed by atoms with Crippen LogP contribution < -0.4 is 5.73 Å². The predicted molar refractivity (Wildman–Crippen MR) is 66.9 cm³/mol. The quantitative estimate of drug-likeness (QED) is 0.593. The molecule has 0 saturated carbocycles. The Hall–Kier alpha value is -1.06. The number of nitrogens with one attached hydrogen (secondary N) is 1. The van der Waals surface area contributed by atoms with E-state index in [1.54, 1.807) is 0 Å². The van der Waals surface area contributed by atoms with Crippen molar-refractivity contribution in [2.75, 3.05) is 0 Å². The summed E-state index contributed by atoms with van der Waals surface area (Å²) < 4.78 is 5.66. The molecule has 16 heavy (non-hydrogen) atoms. The lowest BCUT2D eigenvalue weighted by atomic mass is 10.2. The second-order valence-electron chi connectivity index (χ2n) is 3.66. The molecule has 1 aromatic carbocycles. The Morgan fingerprint density at radius 2 is 2.19 bits per heavy atom. The molecular formula is C12H17ClN2O. The van der Waals surface area contributed by atoms with Crippen LogP contribution in [0.4, 0.5) is 0 Å². The number of ether oxygens (including phenoxy) is 1. The van der Waals surface area contributed by atoms with E-state index in [4.69, 9.17) is 27.5 Å². The normalized spacial score (nSPS) is 12.4. The minimum Gasteiger partial charge on any atom is -0.388 e. The molecule has 0 saturated heterocycles. The summed E-state index contributed by atoms with van der Waals surface area (Å²) in [6.45, 7) is 2.48. The van der Waals surface area contributed by atoms with Crippen LogP contribution in [0, 0.1) is 5.41 Å². The SMILES string of the molecule is CCC(CC(=N)N)OCc1ccccc1Cl. The summed E-state index contributed by atoms with van der Waals surface area (Å²) >= 11 is 6.01. The lowest BCUT2D eigenvalue weighted by molar-refractivity contribution is 0.0428. The van der Waals surface area contributed by atoms with Gasteiger partial charge in [-0.1, -0.05) is 36.7 Å². The van der Waals surface area contributed by atoms with Gasteiger partial charge in [-0.15, -0.1) is 0 Å². The highest BCUT2D eigenvalue weighted by Crippen LogP contribution is 2.17. The summed E-state index contributed by atoms with van der Waals surface area (Å²) in [7, 11) is 0. The van der Waals surface area contributed by atoms with Gasteiger partial charge >= 0.3 is 0 Å². The van der Waals surface area contributed by atoms with Gasteiger partial charge in [-0.3, -0.25) is 5.41 Å². The van der Waals surface area contributed by atoms with Gasteiger partial charge in [-0.25, -0.2) is 0 Å². The molecule has 1 unspecified atom stereocenters. The standard InChI is InChI=1S/C12H17ClN2O/c1-2-10(7-12(14)15)16-8-9-5-3-4-6-11(9)13/h3-6,10H,2,7-8H2,1H3,(H3,14,15). The van der Waals surface area contributed by atoms with Crippen molar-refractivity contribution in [3.8, 4) is 0 Å². The van der Waals surface area contributed by atoms with Crippen LogP contribution in [0.15, 0.2) is 24.3 Å². The Kier molecular flexibility index (Phi) is 5.29. The fraction of sp³-hybridized carbons (Fsp3) is 0.417. The Balaban J connectivity index is 2.49. The summed E-state index contributed by atoms with van der Waals surface area (Å²) in [5.41, 5.74) is 6.31. The van der Waals surface area contributed by atoms with Crippen molar-refractivity contribution in [2.24, 2.45) is 5.73 Å². The van der Waals surface area contributed by atoms with E-state index >= 15 is 0 Å². The second kappa shape index (κ2) is 6.51. The first-order valence-electron chi connectivity index (χ1n) is 5.31. The zero-order valence-electron chi connectivity index (χ0n) is 9.37. The van der Waals surface area contributed by atoms with Crippen molar-refractivity contribution < 1.29 is 4.74 Å². The zero-order chi connectivity index (χ0) is 12.0. The van der Waals surface area contributed by atoms with E-state index in [-0.39, 0.29) is 11.9 Å². The van der Waals surface area contributed by atoms with Gasteiger partial charge in [0.2, 0.25) is 0 Å². The lowest BCUT2D eigenvalue weighted by Gasteiger charge is -2.15. The van der Waals surface area contributed by atoms with Crippen molar-refractivity contribution in [3.63, 3.8) is 0 Å². The molecule has 0 radical (unpaired) electrons. The van der Waals surface area contributed by atoms with Gasteiger partial charge in [0.1, 0.15) is 0 Å². The number of hydrogen-bond donors (Lipinski definition) is 2. The number of halogens is 1. The molecule has 1 rings (SSSR count). The van der Waals surface area contributed by atoms with Crippen molar-refractivity contribution in [1.82, 2.24) is 0 Å². The van der Waals surface area contributed by atoms with Gasteiger partial charge in [-0.05, 0) is 18.1 Å². The first kappa shape index (κ1) is 13.0. The molecule has 0 aliphatic rings. The molecule has 0 aliphatic carbocycles. The number of nitrogens with two attached hydrogens (primary N) is 1. The smallest absolute Gasteiger partial charge is 0.0931 e. The fourth-order valence-corrected chi connectivity index (χ4v) is 1.58. The van der Waals surface area contributed by atoms with Crippen LogP contribution in [0.2, 0.25) is 5.02 Å². The van der Waals surface area contributed by atoms with Gasteiger partial charge in [0, 0.05) is 11.4 Å². The van der Waals surface area contributed by atoms with Crippen molar-refractivity contribution >= 4 is 17.4 Å². The van der Waals surface area contributed by atoms with Crippen LogP contribution in [0.1, 0.15) is 25.3 Å². The van der Waals surface area contributed by atoms with Crippen LogP contribution in [0.25, 0.3) is 0 Å². The number of amidine groups is 1. The van der Waals surface area contributed by atoms with Crippen molar-refractivity contribution in [3.05, 3.63) is 34.9 Å². The number of hydrogen-bond acceptors (Lipinski definition) is 2. The molecule has 0 bridgehead atoms. The first-order valence-corrected chi connectivity index (χ1v) is 5.69. The highest BCUT2D eigenvalue weighted by Gasteiger charge is 2.09. The van der Waals surface area contributed by atoms with Gasteiger partial charge in [0.05, 0.1) is 18.5 Å². The molecule has 0 amide bonds. The Morgan fingerprint density at radius 1 is 1.50 bits per heavy atom. The first-order chi connectivity index (χ1) is 7.63. The maximum Gasteiger partial charge on any atom is 0.0931 e. The van der Waals surface area contributed by atoms with E-state index in [0.29, 0.717) is 18.1 Å². The third kappa shape index (κ3) is 4.21. The average molecular weight is 241 g/mol. The molecule has 3 N–H and O–H groups in total. The van der Waals surface area contributed by atoms with E-state index in [0.717, 1.165) is 12.0 Å². The van der Waals surface area contributed by atoms with Crippen LogP contribution >= 0.6 is 11.6 Å². The summed E-state index contributed by atoms with van der Waals surface area (Å²) in [4.78, 5) is 0. The summed E-state index contributed by atoms with van der Waals surface area (Å²) in [5.74, 6) is 0.158. The maximum atomic E-state index is 7.23. The summed E-state index contributed by atoms with van der Waals surface area (Å²) in [6.07, 6.45) is 1.30. The van der Waals surface area contributed by atoms with E-state index in [1.807, 2.05) is 31.2 Å². The molecule has 0 spiro atoms. The van der Waals surface area contributed by atoms with Crippen molar-refractivity contribution in [2.45, 2.75) is 32.5 Å². The second-order valence-corrected chi connectivity index (χ2v) is 4.07. The van der Waals surface area contributed by atoms with E-state index < -0.39 is 0 Å². The molecule has 4 heteroatoms. The molecule has 0 aromatic heterocycles. The van der Waals surface area contributed by atoms with Gasteiger partial charge in [-0.2, -0.15) is 0 Å². The maximum absolute atomic E-state index is 7.23. The predicted octanol–water partition coefficient (Wildman–Crippen LogP) is 2.96. The van der Waals surface area contributed by atoms with E-state index in [1.165, 1.54) is 0 Å². The summed E-state index contributed by atoms with van der Waals surface area (Å²) in [5, 5.41) is 7.93. The largest absolute Gasteiger partial charge is 0.388 e. The summed E-state index contributed by atoms with van der Waals surface area (Å²) in [6, 6.07) is 7.59. The van der Waals surface area contributed by atoms with Crippen LogP contribution in [-0.4, -0.2) is 11.9 Å². The fourth-order valence-electron chi connectivity index (χ4n) is 1.39. The third-order valence-electron chi connectivity index (χ3n) is 2.34. The Labute approximate surface area is 101 Å². The molecule has 1 aromatic rings. The van der Waals surface area contributed by atoms with Gasteiger partial charge < -0.3 is 10.5 Å². The molecule has 0 aliphatic heterocycles. The number of rotatable bonds is 6. The highest BCUT2D eigenvalue weighted by molar-refractivity contribution is 6.31. The molecule has 0 fully saturated rings. The van der Waals surface area contributed by atoms with E-state index in [2.05, 4.69) is 0 Å². The Bertz CT molecular complexity index is 355. The molecule has 3 nitrogen and oxygen atoms in total. The van der Waals surface area contributed by atoms with Crippen LogP contribution in [0.5, 0.6) is 0 Å². The average Bonchev–Trinajstić information content (AvgIpc) is 2.25. The zero-order valence-corrected chi connectivity index (χ0v) is 10.1. The number of benzene rings is 1. The van der Waals surface area contributed by atoms with Gasteiger partial charge in [0.25, 0.3) is 0 Å². The Morgan fingerprint density at radius 3 is 2.75 bits per heavy atom. The molecule has 88 valence electrons. The third-order valence-corrected chi connectivity index (χ3v) is 2.70. The lowest BCUT2D eigenvalue weighted by Crippen LogP contribution is -2.21. The minimum atomic E-state index is -0.00577. The highest BCUT2D eigenvalue weighted by atomic mass is 35.5. The minimum absolute atomic E-state index is 0.00577. The monoisotopic (exact) mass is 240 g/mol.